The number of aromatic nitrogens is 2. The van der Waals surface area contributed by atoms with Crippen LogP contribution < -0.4 is 0 Å². The van der Waals surface area contributed by atoms with Crippen molar-refractivity contribution in [3.05, 3.63) is 35.7 Å². The first-order valence-electron chi connectivity index (χ1n) is 3.15. The Kier molecular flexibility index (Phi) is 1.47. The van der Waals surface area contributed by atoms with E-state index in [1.54, 1.807) is 6.20 Å². The highest BCUT2D eigenvalue weighted by molar-refractivity contribution is 6.35. The molecule has 2 nitrogen and oxygen atoms in total. The van der Waals surface area contributed by atoms with E-state index in [1.165, 1.54) is 0 Å². The van der Waals surface area contributed by atoms with Crippen LogP contribution in [-0.2, 0) is 0 Å². The first-order chi connectivity index (χ1) is 5.38. The summed E-state index contributed by atoms with van der Waals surface area (Å²) >= 11 is 5.86. The zero-order valence-corrected chi connectivity index (χ0v) is 6.34. The summed E-state index contributed by atoms with van der Waals surface area (Å²) in [5, 5.41) is 1.55. The lowest BCUT2D eigenvalue weighted by molar-refractivity contribution is 1.20. The average molecular weight is 164 g/mol. The normalized spacial score (nSPS) is 10.3. The third-order valence-corrected chi connectivity index (χ3v) is 1.78. The molecular formula is C8H4ClN2. The second kappa shape index (κ2) is 2.47. The molecule has 1 aromatic carbocycles. The molecule has 0 N–H and O–H groups in total. The predicted molar refractivity (Wildman–Crippen MR) is 43.4 cm³/mol. The molecule has 0 saturated carbocycles. The fourth-order valence-corrected chi connectivity index (χ4v) is 1.15. The maximum absolute atomic E-state index is 5.86. The van der Waals surface area contributed by atoms with Gasteiger partial charge < -0.3 is 0 Å². The first kappa shape index (κ1) is 6.55. The molecule has 0 amide bonds. The predicted octanol–water partition coefficient (Wildman–Crippen LogP) is 2.08. The van der Waals surface area contributed by atoms with Gasteiger partial charge in [-0.05, 0) is 12.1 Å². The summed E-state index contributed by atoms with van der Waals surface area (Å²) in [6, 6.07) is 5.54. The van der Waals surface area contributed by atoms with Crippen molar-refractivity contribution in [2.75, 3.05) is 0 Å². The minimum atomic E-state index is 0.677. The summed E-state index contributed by atoms with van der Waals surface area (Å²) in [6.07, 6.45) is 4.16. The van der Waals surface area contributed by atoms with E-state index in [0.29, 0.717) is 5.02 Å². The Hall–Kier alpha value is -1.15. The van der Waals surface area contributed by atoms with Crippen molar-refractivity contribution in [1.82, 2.24) is 9.97 Å². The molecule has 11 heavy (non-hydrogen) atoms. The summed E-state index contributed by atoms with van der Waals surface area (Å²) in [6.45, 7) is 0. The van der Waals surface area contributed by atoms with Crippen LogP contribution in [0.3, 0.4) is 0 Å². The molecule has 0 fully saturated rings. The van der Waals surface area contributed by atoms with E-state index in [9.17, 15) is 0 Å². The minimum Gasteiger partial charge on any atom is -0.233 e. The highest BCUT2D eigenvalue weighted by Crippen LogP contribution is 2.19. The van der Waals surface area contributed by atoms with E-state index < -0.39 is 0 Å². The van der Waals surface area contributed by atoms with Crippen LogP contribution in [0.1, 0.15) is 0 Å². The molecule has 0 spiro atoms. The van der Waals surface area contributed by atoms with Gasteiger partial charge in [-0.2, -0.15) is 0 Å². The number of halogens is 1. The number of rotatable bonds is 0. The summed E-state index contributed by atoms with van der Waals surface area (Å²) < 4.78 is 0. The van der Waals surface area contributed by atoms with E-state index in [1.807, 2.05) is 18.2 Å². The van der Waals surface area contributed by atoms with Crippen LogP contribution in [0.2, 0.25) is 5.02 Å². The SMILES string of the molecule is Clc1cccc2n[c]ncc12. The van der Waals surface area contributed by atoms with Crippen LogP contribution in [0.5, 0.6) is 0 Å². The maximum Gasteiger partial charge on any atom is 0.198 e. The molecule has 0 aliphatic rings. The van der Waals surface area contributed by atoms with E-state index in [-0.39, 0.29) is 0 Å². The number of hydrogen-bond donors (Lipinski definition) is 0. The second-order valence-electron chi connectivity index (χ2n) is 2.14. The van der Waals surface area contributed by atoms with Crippen LogP contribution in [0.15, 0.2) is 24.4 Å². The second-order valence-corrected chi connectivity index (χ2v) is 2.55. The average Bonchev–Trinajstić information content (AvgIpc) is 2.06. The summed E-state index contributed by atoms with van der Waals surface area (Å²) in [4.78, 5) is 7.67. The lowest BCUT2D eigenvalue weighted by Gasteiger charge is -1.95. The van der Waals surface area contributed by atoms with Crippen molar-refractivity contribution in [3.8, 4) is 0 Å². The lowest BCUT2D eigenvalue weighted by atomic mass is 10.2. The maximum atomic E-state index is 5.86. The number of hydrogen-bond acceptors (Lipinski definition) is 2. The van der Waals surface area contributed by atoms with Gasteiger partial charge in [0.1, 0.15) is 0 Å². The minimum absolute atomic E-state index is 0.677. The Labute approximate surface area is 68.9 Å². The summed E-state index contributed by atoms with van der Waals surface area (Å²) in [5.74, 6) is 0. The molecule has 0 aliphatic carbocycles. The molecule has 1 heterocycles. The molecule has 0 saturated heterocycles. The van der Waals surface area contributed by atoms with Gasteiger partial charge in [-0.1, -0.05) is 17.7 Å². The van der Waals surface area contributed by atoms with Crippen LogP contribution in [0.4, 0.5) is 0 Å². The molecule has 1 aromatic heterocycles. The van der Waals surface area contributed by atoms with Crippen LogP contribution in [0, 0.1) is 6.33 Å². The molecule has 0 bridgehead atoms. The van der Waals surface area contributed by atoms with E-state index in [4.69, 9.17) is 11.6 Å². The van der Waals surface area contributed by atoms with Crippen molar-refractivity contribution < 1.29 is 0 Å². The van der Waals surface area contributed by atoms with E-state index in [0.717, 1.165) is 10.9 Å². The Balaban J connectivity index is 2.91. The van der Waals surface area contributed by atoms with Gasteiger partial charge in [-0.25, -0.2) is 9.97 Å². The monoisotopic (exact) mass is 163 g/mol. The van der Waals surface area contributed by atoms with Gasteiger partial charge in [-0.3, -0.25) is 0 Å². The summed E-state index contributed by atoms with van der Waals surface area (Å²) in [7, 11) is 0. The van der Waals surface area contributed by atoms with Gasteiger partial charge in [0.25, 0.3) is 0 Å². The van der Waals surface area contributed by atoms with Crippen molar-refractivity contribution in [2.45, 2.75) is 0 Å². The van der Waals surface area contributed by atoms with Crippen LogP contribution in [0.25, 0.3) is 10.9 Å². The third-order valence-electron chi connectivity index (χ3n) is 1.45. The molecule has 3 heteroatoms. The summed E-state index contributed by atoms with van der Waals surface area (Å²) in [5.41, 5.74) is 0.826. The smallest absolute Gasteiger partial charge is 0.198 e. The van der Waals surface area contributed by atoms with E-state index >= 15 is 0 Å². The first-order valence-corrected chi connectivity index (χ1v) is 3.53. The molecule has 0 unspecified atom stereocenters. The molecule has 0 aliphatic heterocycles. The van der Waals surface area contributed by atoms with E-state index in [2.05, 4.69) is 16.3 Å². The van der Waals surface area contributed by atoms with Crippen molar-refractivity contribution >= 4 is 22.5 Å². The standard InChI is InChI=1S/C8H4ClN2/c9-7-2-1-3-8-6(7)4-10-5-11-8/h1-4H. The van der Waals surface area contributed by atoms with Gasteiger partial charge in [0, 0.05) is 11.6 Å². The fourth-order valence-electron chi connectivity index (χ4n) is 0.927. The van der Waals surface area contributed by atoms with Crippen LogP contribution in [-0.4, -0.2) is 9.97 Å². The van der Waals surface area contributed by atoms with Gasteiger partial charge in [-0.15, -0.1) is 0 Å². The highest BCUT2D eigenvalue weighted by Gasteiger charge is 1.96. The topological polar surface area (TPSA) is 25.8 Å². The highest BCUT2D eigenvalue weighted by atomic mass is 35.5. The zero-order valence-electron chi connectivity index (χ0n) is 5.58. The Bertz CT molecular complexity index is 381. The molecule has 1 radical (unpaired) electrons. The fraction of sp³-hybridized carbons (Fsp3) is 0. The third kappa shape index (κ3) is 1.05. The van der Waals surface area contributed by atoms with Gasteiger partial charge >= 0.3 is 0 Å². The van der Waals surface area contributed by atoms with Crippen LogP contribution >= 0.6 is 11.6 Å². The number of fused-ring (bicyclic) bond motifs is 1. The largest absolute Gasteiger partial charge is 0.233 e. The van der Waals surface area contributed by atoms with Crippen molar-refractivity contribution in [2.24, 2.45) is 0 Å². The zero-order chi connectivity index (χ0) is 7.68. The van der Waals surface area contributed by atoms with Gasteiger partial charge in [0.2, 0.25) is 0 Å². The number of benzene rings is 1. The van der Waals surface area contributed by atoms with Crippen molar-refractivity contribution in [1.29, 1.82) is 0 Å². The number of nitrogens with zero attached hydrogens (tertiary/aromatic N) is 2. The Morgan fingerprint density at radius 2 is 2.27 bits per heavy atom. The Morgan fingerprint density at radius 1 is 1.36 bits per heavy atom. The van der Waals surface area contributed by atoms with Gasteiger partial charge in [0.15, 0.2) is 6.33 Å². The molecule has 2 aromatic rings. The molecule has 2 rings (SSSR count). The van der Waals surface area contributed by atoms with Crippen molar-refractivity contribution in [3.63, 3.8) is 0 Å². The quantitative estimate of drug-likeness (QED) is 0.594. The Morgan fingerprint density at radius 3 is 3.09 bits per heavy atom. The molecular weight excluding hydrogens is 160 g/mol. The molecule has 53 valence electrons. The molecule has 0 atom stereocenters. The lowest BCUT2D eigenvalue weighted by Crippen LogP contribution is -1.80. The van der Waals surface area contributed by atoms with Gasteiger partial charge in [0.05, 0.1) is 10.5 Å².